The first-order chi connectivity index (χ1) is 13.7. The Balaban J connectivity index is 1.49. The van der Waals surface area contributed by atoms with Gasteiger partial charge in [0, 0.05) is 18.7 Å². The summed E-state index contributed by atoms with van der Waals surface area (Å²) < 4.78 is 5.36. The molecule has 4 rings (SSSR count). The molecule has 1 saturated heterocycles. The normalized spacial score (nSPS) is 16.5. The van der Waals surface area contributed by atoms with E-state index in [-0.39, 0.29) is 12.5 Å². The van der Waals surface area contributed by atoms with Gasteiger partial charge in [0.05, 0.1) is 6.61 Å². The van der Waals surface area contributed by atoms with Crippen molar-refractivity contribution >= 4 is 5.91 Å². The van der Waals surface area contributed by atoms with Crippen LogP contribution in [0.3, 0.4) is 0 Å². The van der Waals surface area contributed by atoms with Crippen LogP contribution in [-0.2, 0) is 13.0 Å². The fourth-order valence-electron chi connectivity index (χ4n) is 3.95. The Morgan fingerprint density at radius 2 is 1.96 bits per heavy atom. The van der Waals surface area contributed by atoms with Crippen molar-refractivity contribution in [2.24, 2.45) is 5.92 Å². The van der Waals surface area contributed by atoms with Crippen molar-refractivity contribution in [1.82, 2.24) is 10.1 Å². The predicted octanol–water partition coefficient (Wildman–Crippen LogP) is 3.85. The Bertz CT molecular complexity index is 965. The molecule has 0 radical (unpaired) electrons. The minimum atomic E-state index is -0.00999. The molecule has 0 bridgehead atoms. The van der Waals surface area contributed by atoms with Crippen LogP contribution < -0.4 is 0 Å². The van der Waals surface area contributed by atoms with Crippen molar-refractivity contribution in [2.75, 3.05) is 13.1 Å². The zero-order chi connectivity index (χ0) is 19.5. The minimum Gasteiger partial charge on any atom is -0.392 e. The topological polar surface area (TPSA) is 66.6 Å². The highest BCUT2D eigenvalue weighted by Crippen LogP contribution is 2.29. The molecule has 28 heavy (non-hydrogen) atoms. The lowest BCUT2D eigenvalue weighted by molar-refractivity contribution is 0.0786. The molecular weight excluding hydrogens is 352 g/mol. The van der Waals surface area contributed by atoms with E-state index in [2.05, 4.69) is 11.2 Å². The van der Waals surface area contributed by atoms with Crippen LogP contribution in [0.5, 0.6) is 0 Å². The minimum absolute atomic E-state index is 0.00999. The molecule has 1 aliphatic rings. The van der Waals surface area contributed by atoms with Crippen LogP contribution in [0.2, 0.25) is 0 Å². The highest BCUT2D eigenvalue weighted by Gasteiger charge is 2.31. The molecule has 1 aromatic heterocycles. The Kier molecular flexibility index (Phi) is 5.26. The van der Waals surface area contributed by atoms with Gasteiger partial charge in [-0.1, -0.05) is 59.8 Å². The Hall–Kier alpha value is -2.92. The van der Waals surface area contributed by atoms with Gasteiger partial charge in [-0.15, -0.1) is 0 Å². The number of amides is 1. The standard InChI is InChI=1S/C23H24N2O3/c1-16-21(22(24-28-16)20-8-3-2-4-9-20)23(27)25-11-10-18(14-25)12-17-6-5-7-19(13-17)15-26/h2-9,13,18,26H,10-12,14-15H2,1H3. The number of hydrogen-bond donors (Lipinski definition) is 1. The van der Waals surface area contributed by atoms with Crippen LogP contribution in [-0.4, -0.2) is 34.2 Å². The van der Waals surface area contributed by atoms with Crippen molar-refractivity contribution in [1.29, 1.82) is 0 Å². The van der Waals surface area contributed by atoms with Crippen LogP contribution in [0.15, 0.2) is 59.1 Å². The van der Waals surface area contributed by atoms with Gasteiger partial charge in [-0.3, -0.25) is 4.79 Å². The molecule has 0 saturated carbocycles. The van der Waals surface area contributed by atoms with E-state index in [1.807, 2.05) is 53.4 Å². The maximum Gasteiger partial charge on any atom is 0.259 e. The molecule has 2 aromatic carbocycles. The summed E-state index contributed by atoms with van der Waals surface area (Å²) in [6.07, 6.45) is 1.88. The Labute approximate surface area is 164 Å². The number of carbonyl (C=O) groups is 1. The average Bonchev–Trinajstić information content (AvgIpc) is 3.35. The summed E-state index contributed by atoms with van der Waals surface area (Å²) in [6, 6.07) is 17.7. The number of hydrogen-bond acceptors (Lipinski definition) is 4. The average molecular weight is 376 g/mol. The van der Waals surface area contributed by atoms with Crippen LogP contribution >= 0.6 is 0 Å². The van der Waals surface area contributed by atoms with E-state index in [0.29, 0.717) is 22.9 Å². The first kappa shape index (κ1) is 18.4. The number of aromatic nitrogens is 1. The molecular formula is C23H24N2O3. The molecule has 0 spiro atoms. The molecule has 1 atom stereocenters. The molecule has 5 heteroatoms. The van der Waals surface area contributed by atoms with Crippen molar-refractivity contribution in [3.05, 3.63) is 77.0 Å². The molecule has 1 aliphatic heterocycles. The molecule has 1 N–H and O–H groups in total. The summed E-state index contributed by atoms with van der Waals surface area (Å²) in [5.41, 5.74) is 4.20. The lowest BCUT2D eigenvalue weighted by Gasteiger charge is -2.17. The van der Waals surface area contributed by atoms with Gasteiger partial charge in [0.2, 0.25) is 0 Å². The van der Waals surface area contributed by atoms with E-state index in [9.17, 15) is 9.90 Å². The molecule has 1 amide bonds. The second-order valence-corrected chi connectivity index (χ2v) is 7.42. The van der Waals surface area contributed by atoms with Gasteiger partial charge in [-0.05, 0) is 36.8 Å². The largest absolute Gasteiger partial charge is 0.392 e. The third-order valence-corrected chi connectivity index (χ3v) is 5.40. The van der Waals surface area contributed by atoms with Gasteiger partial charge in [-0.25, -0.2) is 0 Å². The highest BCUT2D eigenvalue weighted by atomic mass is 16.5. The SMILES string of the molecule is Cc1onc(-c2ccccc2)c1C(=O)N1CCC(Cc2cccc(CO)c2)C1. The van der Waals surface area contributed by atoms with E-state index < -0.39 is 0 Å². The maximum absolute atomic E-state index is 13.2. The molecule has 3 aromatic rings. The van der Waals surface area contributed by atoms with Crippen molar-refractivity contribution in [2.45, 2.75) is 26.4 Å². The lowest BCUT2D eigenvalue weighted by atomic mass is 9.97. The van der Waals surface area contributed by atoms with Crippen LogP contribution in [0.25, 0.3) is 11.3 Å². The third kappa shape index (κ3) is 3.71. The number of nitrogens with zero attached hydrogens (tertiary/aromatic N) is 2. The monoisotopic (exact) mass is 376 g/mol. The molecule has 2 heterocycles. The first-order valence-corrected chi connectivity index (χ1v) is 9.65. The summed E-state index contributed by atoms with van der Waals surface area (Å²) in [4.78, 5) is 15.1. The maximum atomic E-state index is 13.2. The predicted molar refractivity (Wildman–Crippen MR) is 107 cm³/mol. The summed E-state index contributed by atoms with van der Waals surface area (Å²) >= 11 is 0. The third-order valence-electron chi connectivity index (χ3n) is 5.40. The smallest absolute Gasteiger partial charge is 0.259 e. The molecule has 0 aliphatic carbocycles. The van der Waals surface area contributed by atoms with E-state index in [4.69, 9.17) is 4.52 Å². The van der Waals surface area contributed by atoms with Gasteiger partial charge in [-0.2, -0.15) is 0 Å². The lowest BCUT2D eigenvalue weighted by Crippen LogP contribution is -2.29. The summed E-state index contributed by atoms with van der Waals surface area (Å²) in [5, 5.41) is 13.5. The van der Waals surface area contributed by atoms with Crippen molar-refractivity contribution in [3.63, 3.8) is 0 Å². The molecule has 5 nitrogen and oxygen atoms in total. The van der Waals surface area contributed by atoms with Crippen LogP contribution in [0.1, 0.15) is 33.7 Å². The number of aliphatic hydroxyl groups is 1. The zero-order valence-corrected chi connectivity index (χ0v) is 16.0. The van der Waals surface area contributed by atoms with E-state index in [1.54, 1.807) is 6.92 Å². The van der Waals surface area contributed by atoms with E-state index in [0.717, 1.165) is 37.1 Å². The summed E-state index contributed by atoms with van der Waals surface area (Å²) in [5.74, 6) is 0.963. The van der Waals surface area contributed by atoms with Crippen LogP contribution in [0.4, 0.5) is 0 Å². The van der Waals surface area contributed by atoms with Gasteiger partial charge in [0.15, 0.2) is 0 Å². The first-order valence-electron chi connectivity index (χ1n) is 9.65. The van der Waals surface area contributed by atoms with Gasteiger partial charge >= 0.3 is 0 Å². The molecule has 144 valence electrons. The van der Waals surface area contributed by atoms with Gasteiger partial charge in [0.1, 0.15) is 17.0 Å². The highest BCUT2D eigenvalue weighted by molar-refractivity contribution is 6.00. The van der Waals surface area contributed by atoms with Gasteiger partial charge < -0.3 is 14.5 Å². The summed E-state index contributed by atoms with van der Waals surface area (Å²) in [6.45, 7) is 3.31. The number of carbonyl (C=O) groups excluding carboxylic acids is 1. The van der Waals surface area contributed by atoms with Crippen LogP contribution in [0, 0.1) is 12.8 Å². The number of aliphatic hydroxyl groups excluding tert-OH is 1. The molecule has 1 unspecified atom stereocenters. The van der Waals surface area contributed by atoms with Crippen molar-refractivity contribution < 1.29 is 14.4 Å². The van der Waals surface area contributed by atoms with Gasteiger partial charge in [0.25, 0.3) is 5.91 Å². The number of likely N-dealkylation sites (tertiary alicyclic amines) is 1. The Morgan fingerprint density at radius 3 is 2.75 bits per heavy atom. The fourth-order valence-corrected chi connectivity index (χ4v) is 3.95. The zero-order valence-electron chi connectivity index (χ0n) is 16.0. The second-order valence-electron chi connectivity index (χ2n) is 7.42. The van der Waals surface area contributed by atoms with E-state index in [1.165, 1.54) is 5.56 Å². The fraction of sp³-hybridized carbons (Fsp3) is 0.304. The molecule has 1 fully saturated rings. The van der Waals surface area contributed by atoms with E-state index >= 15 is 0 Å². The quantitative estimate of drug-likeness (QED) is 0.735. The number of aryl methyl sites for hydroxylation is 1. The summed E-state index contributed by atoms with van der Waals surface area (Å²) in [7, 11) is 0. The number of rotatable bonds is 5. The number of benzene rings is 2. The Morgan fingerprint density at radius 1 is 1.18 bits per heavy atom. The van der Waals surface area contributed by atoms with Crippen molar-refractivity contribution in [3.8, 4) is 11.3 Å². The second kappa shape index (κ2) is 7.98.